The van der Waals surface area contributed by atoms with E-state index in [1.807, 2.05) is 0 Å². The Balaban J connectivity index is 2.96. The first-order valence-corrected chi connectivity index (χ1v) is 3.45. The zero-order valence-corrected chi connectivity index (χ0v) is 5.99. The maximum Gasteiger partial charge on any atom is 0.155 e. The zero-order valence-electron chi connectivity index (χ0n) is 5.99. The normalized spacial score (nSPS) is 43.8. The van der Waals surface area contributed by atoms with Crippen LogP contribution in [0.3, 0.4) is 0 Å². The van der Waals surface area contributed by atoms with Crippen LogP contribution in [0, 0.1) is 0 Å². The summed E-state index contributed by atoms with van der Waals surface area (Å²) in [5, 5.41) is 18.7. The Morgan fingerprint density at radius 3 is 1.64 bits per heavy atom. The molecule has 1 aliphatic rings. The molecule has 0 aromatic heterocycles. The van der Waals surface area contributed by atoms with Gasteiger partial charge in [-0.15, -0.1) is 0 Å². The molecule has 62 valence electrons. The van der Waals surface area contributed by atoms with Crippen LogP contribution in [0.1, 0.15) is 19.3 Å². The van der Waals surface area contributed by atoms with Crippen molar-refractivity contribution in [2.24, 2.45) is 0 Å². The zero-order chi connectivity index (χ0) is 8.54. The molecule has 0 saturated heterocycles. The summed E-state index contributed by atoms with van der Waals surface area (Å²) in [4.78, 5) is 20.7. The fourth-order valence-electron chi connectivity index (χ4n) is 1.38. The first-order chi connectivity index (χ1) is 5.08. The van der Waals surface area contributed by atoms with Gasteiger partial charge in [-0.3, -0.25) is 0 Å². The molecule has 1 fully saturated rings. The van der Waals surface area contributed by atoms with Crippen LogP contribution in [0.25, 0.3) is 0 Å². The molecule has 0 amide bonds. The van der Waals surface area contributed by atoms with Gasteiger partial charge in [-0.2, -0.15) is 0 Å². The quantitative estimate of drug-likeness (QED) is 0.507. The summed E-state index contributed by atoms with van der Waals surface area (Å²) in [5.41, 5.74) is -3.70. The lowest BCUT2D eigenvalue weighted by Crippen LogP contribution is -2.52. The molecule has 1 aliphatic carbocycles. The minimum atomic E-state index is -1.85. The van der Waals surface area contributed by atoms with Crippen molar-refractivity contribution in [1.82, 2.24) is 0 Å². The van der Waals surface area contributed by atoms with Crippen LogP contribution in [0.15, 0.2) is 0 Å². The molecule has 1 rings (SSSR count). The van der Waals surface area contributed by atoms with Gasteiger partial charge in [0.1, 0.15) is 0 Å². The molecule has 0 heterocycles. The van der Waals surface area contributed by atoms with Crippen molar-refractivity contribution < 1.29 is 19.8 Å². The lowest BCUT2D eigenvalue weighted by Gasteiger charge is -2.27. The van der Waals surface area contributed by atoms with Gasteiger partial charge >= 0.3 is 0 Å². The Kier molecular flexibility index (Phi) is 1.82. The number of aldehydes is 2. The average molecular weight is 158 g/mol. The minimum absolute atomic E-state index is 0.158. The van der Waals surface area contributed by atoms with Gasteiger partial charge in [-0.1, -0.05) is 0 Å². The van der Waals surface area contributed by atoms with E-state index in [0.717, 1.165) is 0 Å². The van der Waals surface area contributed by atoms with Crippen LogP contribution in [0.5, 0.6) is 0 Å². The third-order valence-corrected chi connectivity index (χ3v) is 2.26. The number of carbonyl (C=O) groups excluding carboxylic acids is 2. The second-order valence-corrected chi connectivity index (χ2v) is 2.94. The standard InChI is InChI=1S/C7H10O4/c8-4-6(10)2-1-3-7(6,11)5-9/h4-5,10-11H,1-3H2/t6-,7?/m1/s1. The summed E-state index contributed by atoms with van der Waals surface area (Å²) in [6.07, 6.45) is 1.30. The van der Waals surface area contributed by atoms with Gasteiger partial charge in [0.05, 0.1) is 0 Å². The maximum atomic E-state index is 10.3. The summed E-state index contributed by atoms with van der Waals surface area (Å²) >= 11 is 0. The number of hydrogen-bond donors (Lipinski definition) is 2. The second-order valence-electron chi connectivity index (χ2n) is 2.94. The number of rotatable bonds is 2. The predicted molar refractivity (Wildman–Crippen MR) is 35.9 cm³/mol. The van der Waals surface area contributed by atoms with Crippen LogP contribution in [-0.4, -0.2) is 34.0 Å². The molecule has 4 heteroatoms. The highest BCUT2D eigenvalue weighted by Crippen LogP contribution is 2.36. The van der Waals surface area contributed by atoms with Crippen LogP contribution in [0.2, 0.25) is 0 Å². The maximum absolute atomic E-state index is 10.3. The lowest BCUT2D eigenvalue weighted by atomic mass is 9.89. The van der Waals surface area contributed by atoms with E-state index in [-0.39, 0.29) is 25.4 Å². The Morgan fingerprint density at radius 2 is 1.36 bits per heavy atom. The molecule has 1 saturated carbocycles. The molecule has 0 aromatic rings. The highest BCUT2D eigenvalue weighted by Gasteiger charge is 2.53. The summed E-state index contributed by atoms with van der Waals surface area (Å²) in [6, 6.07) is 0. The van der Waals surface area contributed by atoms with Crippen molar-refractivity contribution >= 4 is 12.6 Å². The number of hydrogen-bond acceptors (Lipinski definition) is 4. The fraction of sp³-hybridized carbons (Fsp3) is 0.714. The molecule has 0 aliphatic heterocycles. The van der Waals surface area contributed by atoms with Crippen LogP contribution in [0.4, 0.5) is 0 Å². The molecular formula is C7H10O4. The van der Waals surface area contributed by atoms with E-state index in [4.69, 9.17) is 0 Å². The molecule has 11 heavy (non-hydrogen) atoms. The van der Waals surface area contributed by atoms with Crippen molar-refractivity contribution in [2.75, 3.05) is 0 Å². The summed E-state index contributed by atoms with van der Waals surface area (Å²) in [6.45, 7) is 0. The minimum Gasteiger partial charge on any atom is -0.379 e. The molecule has 2 N–H and O–H groups in total. The van der Waals surface area contributed by atoms with E-state index in [1.165, 1.54) is 0 Å². The topological polar surface area (TPSA) is 74.6 Å². The number of carbonyl (C=O) groups is 2. The van der Waals surface area contributed by atoms with E-state index < -0.39 is 11.2 Å². The molecule has 0 spiro atoms. The molecule has 2 atom stereocenters. The van der Waals surface area contributed by atoms with Crippen LogP contribution in [-0.2, 0) is 9.59 Å². The SMILES string of the molecule is O=CC1(O)CCC[C@@]1(O)C=O. The summed E-state index contributed by atoms with van der Waals surface area (Å²) < 4.78 is 0. The molecule has 1 unspecified atom stereocenters. The van der Waals surface area contributed by atoms with E-state index in [9.17, 15) is 19.8 Å². The van der Waals surface area contributed by atoms with Crippen molar-refractivity contribution in [1.29, 1.82) is 0 Å². The van der Waals surface area contributed by atoms with Crippen molar-refractivity contribution in [3.63, 3.8) is 0 Å². The molecular weight excluding hydrogens is 148 g/mol. The monoisotopic (exact) mass is 158 g/mol. The predicted octanol–water partition coefficient (Wildman–Crippen LogP) is -0.970. The highest BCUT2D eigenvalue weighted by molar-refractivity contribution is 5.78. The van der Waals surface area contributed by atoms with Gasteiger partial charge in [0, 0.05) is 0 Å². The van der Waals surface area contributed by atoms with Crippen molar-refractivity contribution in [3.8, 4) is 0 Å². The molecule has 0 bridgehead atoms. The third-order valence-electron chi connectivity index (χ3n) is 2.26. The molecule has 4 nitrogen and oxygen atoms in total. The molecule has 0 radical (unpaired) electrons. The first kappa shape index (κ1) is 8.36. The third kappa shape index (κ3) is 0.985. The number of aliphatic hydroxyl groups is 2. The highest BCUT2D eigenvalue weighted by atomic mass is 16.4. The van der Waals surface area contributed by atoms with Gasteiger partial charge in [0.2, 0.25) is 0 Å². The largest absolute Gasteiger partial charge is 0.379 e. The van der Waals surface area contributed by atoms with E-state index in [1.54, 1.807) is 0 Å². The van der Waals surface area contributed by atoms with Crippen LogP contribution >= 0.6 is 0 Å². The van der Waals surface area contributed by atoms with E-state index in [2.05, 4.69) is 0 Å². The Bertz CT molecular complexity index is 171. The second kappa shape index (κ2) is 2.39. The van der Waals surface area contributed by atoms with Gasteiger partial charge in [-0.25, -0.2) is 0 Å². The average Bonchev–Trinajstić information content (AvgIpc) is 2.31. The smallest absolute Gasteiger partial charge is 0.155 e. The van der Waals surface area contributed by atoms with E-state index in [0.29, 0.717) is 6.42 Å². The Hall–Kier alpha value is -0.740. The van der Waals surface area contributed by atoms with E-state index >= 15 is 0 Å². The summed E-state index contributed by atoms with van der Waals surface area (Å²) in [5.74, 6) is 0. The van der Waals surface area contributed by atoms with Crippen molar-refractivity contribution in [2.45, 2.75) is 30.5 Å². The van der Waals surface area contributed by atoms with Crippen LogP contribution < -0.4 is 0 Å². The van der Waals surface area contributed by atoms with Gasteiger partial charge in [-0.05, 0) is 19.3 Å². The Morgan fingerprint density at radius 1 is 1.00 bits per heavy atom. The fourth-order valence-corrected chi connectivity index (χ4v) is 1.38. The Labute approximate surface area is 63.8 Å². The first-order valence-electron chi connectivity index (χ1n) is 3.45. The summed E-state index contributed by atoms with van der Waals surface area (Å²) in [7, 11) is 0. The van der Waals surface area contributed by atoms with Gasteiger partial charge < -0.3 is 19.8 Å². The molecule has 0 aromatic carbocycles. The van der Waals surface area contributed by atoms with Gasteiger partial charge in [0.15, 0.2) is 23.8 Å². The van der Waals surface area contributed by atoms with Crippen molar-refractivity contribution in [3.05, 3.63) is 0 Å². The van der Waals surface area contributed by atoms with Gasteiger partial charge in [0.25, 0.3) is 0 Å². The lowest BCUT2D eigenvalue weighted by molar-refractivity contribution is -0.159.